The van der Waals surface area contributed by atoms with Crippen molar-refractivity contribution in [3.8, 4) is 0 Å². The minimum absolute atomic E-state index is 0.474. The molecular formula is C6H11NO. The Hall–Kier alpha value is -0.660. The van der Waals surface area contributed by atoms with Crippen LogP contribution >= 0.6 is 0 Å². The lowest BCUT2D eigenvalue weighted by Gasteiger charge is -1.92. The van der Waals surface area contributed by atoms with Gasteiger partial charge in [0.1, 0.15) is 5.76 Å². The molecule has 0 bridgehead atoms. The summed E-state index contributed by atoms with van der Waals surface area (Å²) in [7, 11) is 1.79. The second-order valence-electron chi connectivity index (χ2n) is 2.13. The molecule has 0 saturated heterocycles. The first-order valence-electron chi connectivity index (χ1n) is 2.91. The molecular weight excluding hydrogens is 102 g/mol. The lowest BCUT2D eigenvalue weighted by Crippen LogP contribution is -1.96. The molecule has 0 aromatic carbocycles. The fourth-order valence-corrected chi connectivity index (χ4v) is 0.645. The molecule has 0 aromatic rings. The lowest BCUT2D eigenvalue weighted by atomic mass is 10.4. The largest absolute Gasteiger partial charge is 0.511 e. The van der Waals surface area contributed by atoms with Crippen molar-refractivity contribution in [2.24, 2.45) is 5.92 Å². The van der Waals surface area contributed by atoms with Gasteiger partial charge in [-0.1, -0.05) is 0 Å². The zero-order valence-electron chi connectivity index (χ0n) is 5.02. The molecule has 1 aliphatic rings. The van der Waals surface area contributed by atoms with Crippen LogP contribution in [0.3, 0.4) is 0 Å². The van der Waals surface area contributed by atoms with Gasteiger partial charge < -0.3 is 10.4 Å². The molecule has 0 spiro atoms. The number of aliphatic hydroxyl groups excluding tert-OH is 1. The van der Waals surface area contributed by atoms with Gasteiger partial charge >= 0.3 is 0 Å². The van der Waals surface area contributed by atoms with Crippen LogP contribution in [0.5, 0.6) is 0 Å². The summed E-state index contributed by atoms with van der Waals surface area (Å²) in [5.41, 5.74) is 0. The SMILES string of the molecule is CN/C=C(/O)C1CC1. The van der Waals surface area contributed by atoms with E-state index in [0.717, 1.165) is 12.8 Å². The summed E-state index contributed by atoms with van der Waals surface area (Å²) in [6.45, 7) is 0. The van der Waals surface area contributed by atoms with Crippen LogP contribution in [-0.4, -0.2) is 12.2 Å². The minimum atomic E-state index is 0.474. The summed E-state index contributed by atoms with van der Waals surface area (Å²) in [5, 5.41) is 11.8. The Morgan fingerprint density at radius 3 is 2.75 bits per heavy atom. The average molecular weight is 113 g/mol. The van der Waals surface area contributed by atoms with E-state index in [1.807, 2.05) is 0 Å². The normalized spacial score (nSPS) is 20.9. The first kappa shape index (κ1) is 5.48. The van der Waals surface area contributed by atoms with Crippen molar-refractivity contribution in [3.63, 3.8) is 0 Å². The summed E-state index contributed by atoms with van der Waals surface area (Å²) in [6, 6.07) is 0. The molecule has 1 rings (SSSR count). The van der Waals surface area contributed by atoms with Crippen LogP contribution < -0.4 is 5.32 Å². The van der Waals surface area contributed by atoms with E-state index < -0.39 is 0 Å². The number of allylic oxidation sites excluding steroid dienone is 1. The number of rotatable bonds is 2. The van der Waals surface area contributed by atoms with E-state index in [1.165, 1.54) is 0 Å². The fourth-order valence-electron chi connectivity index (χ4n) is 0.645. The highest BCUT2D eigenvalue weighted by Crippen LogP contribution is 2.34. The second-order valence-corrected chi connectivity index (χ2v) is 2.13. The van der Waals surface area contributed by atoms with Crippen molar-refractivity contribution in [2.45, 2.75) is 12.8 Å². The van der Waals surface area contributed by atoms with Crippen LogP contribution in [-0.2, 0) is 0 Å². The first-order chi connectivity index (χ1) is 3.84. The Bertz CT molecular complexity index is 105. The third-order valence-corrected chi connectivity index (χ3v) is 1.29. The fraction of sp³-hybridized carbons (Fsp3) is 0.667. The van der Waals surface area contributed by atoms with Gasteiger partial charge in [0.25, 0.3) is 0 Å². The Morgan fingerprint density at radius 2 is 2.38 bits per heavy atom. The number of aliphatic hydroxyl groups is 1. The molecule has 0 aromatic heterocycles. The summed E-state index contributed by atoms with van der Waals surface area (Å²) < 4.78 is 0. The van der Waals surface area contributed by atoms with Crippen LogP contribution in [0, 0.1) is 5.92 Å². The maximum Gasteiger partial charge on any atom is 0.111 e. The van der Waals surface area contributed by atoms with E-state index in [4.69, 9.17) is 5.11 Å². The molecule has 8 heavy (non-hydrogen) atoms. The van der Waals surface area contributed by atoms with Crippen molar-refractivity contribution in [1.82, 2.24) is 5.32 Å². The van der Waals surface area contributed by atoms with Crippen molar-refractivity contribution in [3.05, 3.63) is 12.0 Å². The van der Waals surface area contributed by atoms with Gasteiger partial charge in [-0.15, -0.1) is 0 Å². The third-order valence-electron chi connectivity index (χ3n) is 1.29. The molecule has 1 aliphatic carbocycles. The molecule has 2 heteroatoms. The monoisotopic (exact) mass is 113 g/mol. The van der Waals surface area contributed by atoms with E-state index in [9.17, 15) is 0 Å². The first-order valence-corrected chi connectivity index (χ1v) is 2.91. The summed E-state index contributed by atoms with van der Waals surface area (Å²) in [4.78, 5) is 0. The molecule has 0 amide bonds. The highest BCUT2D eigenvalue weighted by atomic mass is 16.3. The molecule has 1 saturated carbocycles. The smallest absolute Gasteiger partial charge is 0.111 e. The molecule has 0 unspecified atom stereocenters. The van der Waals surface area contributed by atoms with Gasteiger partial charge in [-0.05, 0) is 12.8 Å². The summed E-state index contributed by atoms with van der Waals surface area (Å²) in [6.07, 6.45) is 3.96. The lowest BCUT2D eigenvalue weighted by molar-refractivity contribution is 0.375. The Balaban J connectivity index is 2.31. The molecule has 2 N–H and O–H groups in total. The third kappa shape index (κ3) is 1.15. The minimum Gasteiger partial charge on any atom is -0.511 e. The number of hydrogen-bond acceptors (Lipinski definition) is 2. The Kier molecular flexibility index (Phi) is 1.42. The molecule has 0 heterocycles. The highest BCUT2D eigenvalue weighted by Gasteiger charge is 2.25. The van der Waals surface area contributed by atoms with Crippen LogP contribution in [0.15, 0.2) is 12.0 Å². The topological polar surface area (TPSA) is 32.3 Å². The van der Waals surface area contributed by atoms with Gasteiger partial charge in [-0.3, -0.25) is 0 Å². The zero-order chi connectivity index (χ0) is 5.98. The van der Waals surface area contributed by atoms with Gasteiger partial charge in [0.15, 0.2) is 0 Å². The number of nitrogens with one attached hydrogen (secondary N) is 1. The predicted molar refractivity (Wildman–Crippen MR) is 32.5 cm³/mol. The second kappa shape index (κ2) is 2.07. The molecule has 46 valence electrons. The van der Waals surface area contributed by atoms with Crippen LogP contribution in [0.2, 0.25) is 0 Å². The van der Waals surface area contributed by atoms with Gasteiger partial charge in [-0.25, -0.2) is 0 Å². The summed E-state index contributed by atoms with van der Waals surface area (Å²) in [5.74, 6) is 0.981. The molecule has 1 fully saturated rings. The predicted octanol–water partition coefficient (Wildman–Crippen LogP) is 1.02. The number of hydrogen-bond donors (Lipinski definition) is 2. The van der Waals surface area contributed by atoms with Crippen molar-refractivity contribution < 1.29 is 5.11 Å². The van der Waals surface area contributed by atoms with E-state index >= 15 is 0 Å². The van der Waals surface area contributed by atoms with E-state index in [1.54, 1.807) is 13.2 Å². The van der Waals surface area contributed by atoms with E-state index in [0.29, 0.717) is 11.7 Å². The maximum absolute atomic E-state index is 8.99. The van der Waals surface area contributed by atoms with Gasteiger partial charge in [0, 0.05) is 19.2 Å². The Morgan fingerprint density at radius 1 is 1.75 bits per heavy atom. The zero-order valence-corrected chi connectivity index (χ0v) is 5.02. The van der Waals surface area contributed by atoms with Crippen LogP contribution in [0.4, 0.5) is 0 Å². The van der Waals surface area contributed by atoms with E-state index in [-0.39, 0.29) is 0 Å². The molecule has 0 aliphatic heterocycles. The van der Waals surface area contributed by atoms with E-state index in [2.05, 4.69) is 5.32 Å². The average Bonchev–Trinajstić information content (AvgIpc) is 2.45. The van der Waals surface area contributed by atoms with Crippen molar-refractivity contribution in [1.29, 1.82) is 0 Å². The quantitative estimate of drug-likeness (QED) is 0.524. The van der Waals surface area contributed by atoms with Crippen molar-refractivity contribution in [2.75, 3.05) is 7.05 Å². The molecule has 2 nitrogen and oxygen atoms in total. The molecule has 0 radical (unpaired) electrons. The maximum atomic E-state index is 8.99. The standard InChI is InChI=1S/C6H11NO/c1-7-4-6(8)5-2-3-5/h4-5,7-8H,2-3H2,1H3/b6-4+. The van der Waals surface area contributed by atoms with Crippen LogP contribution in [0.25, 0.3) is 0 Å². The Labute approximate surface area is 49.2 Å². The van der Waals surface area contributed by atoms with Gasteiger partial charge in [0.2, 0.25) is 0 Å². The van der Waals surface area contributed by atoms with Crippen molar-refractivity contribution >= 4 is 0 Å². The molecule has 0 atom stereocenters. The van der Waals surface area contributed by atoms with Gasteiger partial charge in [-0.2, -0.15) is 0 Å². The van der Waals surface area contributed by atoms with Gasteiger partial charge in [0.05, 0.1) is 0 Å². The highest BCUT2D eigenvalue weighted by molar-refractivity contribution is 5.01. The summed E-state index contributed by atoms with van der Waals surface area (Å²) >= 11 is 0. The van der Waals surface area contributed by atoms with Crippen LogP contribution in [0.1, 0.15) is 12.8 Å².